The van der Waals surface area contributed by atoms with Crippen molar-refractivity contribution in [2.24, 2.45) is 17.3 Å². The van der Waals surface area contributed by atoms with Crippen LogP contribution in [0.15, 0.2) is 34.9 Å². The summed E-state index contributed by atoms with van der Waals surface area (Å²) < 4.78 is 17.7. The number of ether oxygens (including phenoxy) is 3. The van der Waals surface area contributed by atoms with Crippen LogP contribution in [0, 0.1) is 17.3 Å². The molecule has 0 aromatic rings. The van der Waals surface area contributed by atoms with Crippen LogP contribution in [0.3, 0.4) is 0 Å². The molecule has 1 spiro atoms. The molecule has 0 unspecified atom stereocenters. The van der Waals surface area contributed by atoms with E-state index < -0.39 is 5.79 Å². The van der Waals surface area contributed by atoms with E-state index in [1.807, 2.05) is 13.0 Å². The Morgan fingerprint density at radius 2 is 2.08 bits per heavy atom. The van der Waals surface area contributed by atoms with Gasteiger partial charge in [0.15, 0.2) is 5.79 Å². The first-order valence-electron chi connectivity index (χ1n) is 9.47. The zero-order chi connectivity index (χ0) is 18.9. The van der Waals surface area contributed by atoms with Crippen molar-refractivity contribution in [2.45, 2.75) is 51.7 Å². The number of esters is 1. The molecule has 3 rings (SSSR count). The maximum atomic E-state index is 11.8. The van der Waals surface area contributed by atoms with Crippen molar-refractivity contribution < 1.29 is 19.0 Å². The molecule has 1 saturated heterocycles. The number of carbonyl (C=O) groups is 1. The first-order chi connectivity index (χ1) is 12.3. The number of allylic oxidation sites excluding steroid dienone is 2. The summed E-state index contributed by atoms with van der Waals surface area (Å²) in [5.74, 6) is -0.198. The molecular weight excluding hydrogens is 396 g/mol. The van der Waals surface area contributed by atoms with Gasteiger partial charge in [-0.25, -0.2) is 4.79 Å². The van der Waals surface area contributed by atoms with E-state index in [4.69, 9.17) is 14.2 Å². The van der Waals surface area contributed by atoms with E-state index in [0.29, 0.717) is 30.2 Å². The van der Waals surface area contributed by atoms with E-state index in [0.717, 1.165) is 32.1 Å². The van der Waals surface area contributed by atoms with Gasteiger partial charge in [-0.15, -0.1) is 0 Å². The molecule has 4 nitrogen and oxygen atoms in total. The lowest BCUT2D eigenvalue weighted by molar-refractivity contribution is -0.218. The zero-order valence-corrected chi connectivity index (χ0v) is 17.4. The summed E-state index contributed by atoms with van der Waals surface area (Å²) in [5.41, 5.74) is 2.56. The van der Waals surface area contributed by atoms with Gasteiger partial charge in [0.1, 0.15) is 0 Å². The second-order valence-electron chi connectivity index (χ2n) is 7.88. The lowest BCUT2D eigenvalue weighted by atomic mass is 9.61. The van der Waals surface area contributed by atoms with Gasteiger partial charge in [0.25, 0.3) is 0 Å². The molecule has 3 aliphatic rings. The van der Waals surface area contributed by atoms with Gasteiger partial charge in [0.2, 0.25) is 0 Å². The van der Waals surface area contributed by atoms with E-state index in [9.17, 15) is 4.79 Å². The van der Waals surface area contributed by atoms with Gasteiger partial charge in [0.05, 0.1) is 24.3 Å². The largest absolute Gasteiger partial charge is 0.462 e. The Labute approximate surface area is 164 Å². The molecule has 1 heterocycles. The molecule has 3 atom stereocenters. The van der Waals surface area contributed by atoms with Crippen LogP contribution in [0.25, 0.3) is 0 Å². The molecule has 5 heteroatoms. The average molecular weight is 425 g/mol. The molecule has 2 bridgehead atoms. The number of carbonyl (C=O) groups excluding carboxylic acids is 1. The van der Waals surface area contributed by atoms with Gasteiger partial charge in [0, 0.05) is 12.3 Å². The maximum absolute atomic E-state index is 11.8. The van der Waals surface area contributed by atoms with Crippen LogP contribution in [-0.4, -0.2) is 31.6 Å². The molecule has 1 aliphatic heterocycles. The molecule has 2 saturated carbocycles. The third kappa shape index (κ3) is 3.46. The highest BCUT2D eigenvalue weighted by Crippen LogP contribution is 2.65. The van der Waals surface area contributed by atoms with Crippen molar-refractivity contribution in [3.8, 4) is 0 Å². The van der Waals surface area contributed by atoms with E-state index in [1.54, 1.807) is 0 Å². The summed E-state index contributed by atoms with van der Waals surface area (Å²) in [6.45, 7) is 14.3. The first kappa shape index (κ1) is 19.8. The highest BCUT2D eigenvalue weighted by Gasteiger charge is 2.61. The SMILES string of the molecule is C=C1C[C@]2(CC/C=C(\Br)C(=O)OCC)C[C@H]1C1(C[C@H]2C(=C)C)OCCO1. The Morgan fingerprint density at radius 3 is 2.69 bits per heavy atom. The lowest BCUT2D eigenvalue weighted by Crippen LogP contribution is -2.48. The van der Waals surface area contributed by atoms with Crippen molar-refractivity contribution in [1.29, 1.82) is 0 Å². The molecule has 0 amide bonds. The zero-order valence-electron chi connectivity index (χ0n) is 15.8. The minimum atomic E-state index is -0.498. The number of halogens is 1. The van der Waals surface area contributed by atoms with Crippen LogP contribution in [0.5, 0.6) is 0 Å². The number of hydrogen-bond donors (Lipinski definition) is 0. The molecule has 26 heavy (non-hydrogen) atoms. The summed E-state index contributed by atoms with van der Waals surface area (Å²) in [4.78, 5) is 11.8. The van der Waals surface area contributed by atoms with Crippen molar-refractivity contribution >= 4 is 21.9 Å². The highest BCUT2D eigenvalue weighted by molar-refractivity contribution is 9.12. The Bertz CT molecular complexity index is 632. The van der Waals surface area contributed by atoms with Crippen LogP contribution in [-0.2, 0) is 19.0 Å². The van der Waals surface area contributed by atoms with Gasteiger partial charge < -0.3 is 14.2 Å². The highest BCUT2D eigenvalue weighted by atomic mass is 79.9. The molecule has 0 aromatic carbocycles. The van der Waals surface area contributed by atoms with Crippen LogP contribution < -0.4 is 0 Å². The number of fused-ring (bicyclic) bond motifs is 3. The fourth-order valence-electron chi connectivity index (χ4n) is 5.19. The lowest BCUT2D eigenvalue weighted by Gasteiger charge is -2.48. The summed E-state index contributed by atoms with van der Waals surface area (Å²) in [5, 5.41) is 0. The van der Waals surface area contributed by atoms with E-state index in [-0.39, 0.29) is 17.3 Å². The van der Waals surface area contributed by atoms with Gasteiger partial charge in [-0.1, -0.05) is 30.4 Å². The maximum Gasteiger partial charge on any atom is 0.344 e. The predicted molar refractivity (Wildman–Crippen MR) is 105 cm³/mol. The fraction of sp³-hybridized carbons (Fsp3) is 0.667. The normalized spacial score (nSPS) is 32.9. The van der Waals surface area contributed by atoms with Crippen molar-refractivity contribution in [3.05, 3.63) is 34.9 Å². The number of rotatable bonds is 6. The van der Waals surface area contributed by atoms with Gasteiger partial charge >= 0.3 is 5.97 Å². The van der Waals surface area contributed by atoms with Crippen LogP contribution in [0.1, 0.15) is 46.0 Å². The van der Waals surface area contributed by atoms with Crippen LogP contribution >= 0.6 is 15.9 Å². The summed E-state index contributed by atoms with van der Waals surface area (Å²) in [6.07, 6.45) is 6.60. The number of hydrogen-bond acceptors (Lipinski definition) is 4. The van der Waals surface area contributed by atoms with Crippen LogP contribution in [0.4, 0.5) is 0 Å². The first-order valence-corrected chi connectivity index (χ1v) is 10.3. The molecule has 0 radical (unpaired) electrons. The second kappa shape index (κ2) is 7.61. The minimum absolute atomic E-state index is 0.132. The molecule has 3 fully saturated rings. The van der Waals surface area contributed by atoms with Crippen molar-refractivity contribution in [1.82, 2.24) is 0 Å². The fourth-order valence-corrected chi connectivity index (χ4v) is 5.54. The topological polar surface area (TPSA) is 44.8 Å². The summed E-state index contributed by atoms with van der Waals surface area (Å²) >= 11 is 3.34. The standard InChI is InChI=1S/C21H29BrO4/c1-5-24-19(23)18(22)7-6-8-20-11-15(4)17(12-20)21(25-9-10-26-21)13-16(20)14(2)3/h7,16-17H,2,4-6,8-13H2,1,3H3/b18-7-/t16-,17+,20+/m0/s1. The molecule has 0 aromatic heterocycles. The molecule has 2 aliphatic carbocycles. The Kier molecular flexibility index (Phi) is 5.80. The Morgan fingerprint density at radius 1 is 1.38 bits per heavy atom. The monoisotopic (exact) mass is 424 g/mol. The van der Waals surface area contributed by atoms with Crippen LogP contribution in [0.2, 0.25) is 0 Å². The summed E-state index contributed by atoms with van der Waals surface area (Å²) in [7, 11) is 0. The second-order valence-corrected chi connectivity index (χ2v) is 8.73. The van der Waals surface area contributed by atoms with E-state index in [2.05, 4.69) is 36.0 Å². The predicted octanol–water partition coefficient (Wildman–Crippen LogP) is 4.90. The van der Waals surface area contributed by atoms with Gasteiger partial charge in [-0.2, -0.15) is 0 Å². The van der Waals surface area contributed by atoms with E-state index in [1.165, 1.54) is 11.1 Å². The van der Waals surface area contributed by atoms with Gasteiger partial charge in [-0.3, -0.25) is 0 Å². The third-order valence-corrected chi connectivity index (χ3v) is 6.90. The van der Waals surface area contributed by atoms with Crippen molar-refractivity contribution in [2.75, 3.05) is 19.8 Å². The minimum Gasteiger partial charge on any atom is -0.462 e. The molecule has 144 valence electrons. The smallest absolute Gasteiger partial charge is 0.344 e. The van der Waals surface area contributed by atoms with Crippen molar-refractivity contribution in [3.63, 3.8) is 0 Å². The Hall–Kier alpha value is -0.910. The summed E-state index contributed by atoms with van der Waals surface area (Å²) in [6, 6.07) is 0. The molecule has 0 N–H and O–H groups in total. The quantitative estimate of drug-likeness (QED) is 0.345. The third-order valence-electron chi connectivity index (χ3n) is 6.25. The van der Waals surface area contributed by atoms with E-state index >= 15 is 0 Å². The van der Waals surface area contributed by atoms with Gasteiger partial charge in [-0.05, 0) is 66.8 Å². The average Bonchev–Trinajstić information content (AvgIpc) is 3.16. The molecular formula is C21H29BrO4. The Balaban J connectivity index is 1.77.